The van der Waals surface area contributed by atoms with Crippen LogP contribution >= 0.6 is 11.6 Å². The van der Waals surface area contributed by atoms with Gasteiger partial charge in [-0.2, -0.15) is 5.10 Å². The van der Waals surface area contributed by atoms with Crippen LogP contribution in [0.1, 0.15) is 12.5 Å². The number of aryl methyl sites for hydroxylation is 1. The number of nitrogens with one attached hydrogen (secondary N) is 1. The van der Waals surface area contributed by atoms with Gasteiger partial charge in [0.15, 0.2) is 5.75 Å². The Morgan fingerprint density at radius 2 is 2.24 bits per heavy atom. The number of halogens is 1. The molecule has 0 spiro atoms. The van der Waals surface area contributed by atoms with E-state index in [9.17, 15) is 0 Å². The quantitative estimate of drug-likeness (QED) is 0.761. The Kier molecular flexibility index (Phi) is 6.04. The van der Waals surface area contributed by atoms with Crippen LogP contribution < -0.4 is 10.1 Å². The summed E-state index contributed by atoms with van der Waals surface area (Å²) in [5.74, 6) is 1.32. The molecule has 0 aliphatic heterocycles. The zero-order chi connectivity index (χ0) is 15.1. The molecule has 1 heterocycles. The second-order valence-corrected chi connectivity index (χ2v) is 4.98. The number of methoxy groups -OCH3 is 1. The molecule has 0 amide bonds. The molecule has 1 aromatic heterocycles. The smallest absolute Gasteiger partial charge is 0.165 e. The first-order valence-electron chi connectivity index (χ1n) is 6.91. The van der Waals surface area contributed by atoms with Crippen molar-refractivity contribution in [2.24, 2.45) is 0 Å². The first-order valence-corrected chi connectivity index (χ1v) is 7.29. The Morgan fingerprint density at radius 1 is 1.38 bits per heavy atom. The predicted molar refractivity (Wildman–Crippen MR) is 83.0 cm³/mol. The average molecular weight is 310 g/mol. The van der Waals surface area contributed by atoms with Crippen molar-refractivity contribution < 1.29 is 9.47 Å². The third-order valence-electron chi connectivity index (χ3n) is 2.97. The molecule has 0 bridgehead atoms. The molecule has 1 N–H and O–H groups in total. The lowest BCUT2D eigenvalue weighted by atomic mass is 10.2. The van der Waals surface area contributed by atoms with Crippen molar-refractivity contribution in [3.8, 4) is 11.5 Å². The molecular formula is C15H20ClN3O2. The average Bonchev–Trinajstić information content (AvgIpc) is 2.94. The summed E-state index contributed by atoms with van der Waals surface area (Å²) < 4.78 is 12.5. The van der Waals surface area contributed by atoms with Crippen LogP contribution in [0, 0.1) is 0 Å². The second kappa shape index (κ2) is 8.02. The van der Waals surface area contributed by atoms with E-state index in [-0.39, 0.29) is 0 Å². The molecule has 5 nitrogen and oxygen atoms in total. The molecule has 0 atom stereocenters. The maximum absolute atomic E-state index is 6.26. The third-order valence-corrected chi connectivity index (χ3v) is 3.27. The van der Waals surface area contributed by atoms with Gasteiger partial charge in [-0.15, -0.1) is 0 Å². The van der Waals surface area contributed by atoms with Crippen molar-refractivity contribution in [2.45, 2.75) is 20.0 Å². The highest BCUT2D eigenvalue weighted by atomic mass is 35.5. The minimum Gasteiger partial charge on any atom is -0.452 e. The van der Waals surface area contributed by atoms with Gasteiger partial charge in [0.05, 0.1) is 24.0 Å². The van der Waals surface area contributed by atoms with Gasteiger partial charge in [0.2, 0.25) is 0 Å². The molecule has 0 unspecified atom stereocenters. The lowest BCUT2D eigenvalue weighted by molar-refractivity contribution is 0.199. The maximum atomic E-state index is 6.26. The normalized spacial score (nSPS) is 10.8. The second-order valence-electron chi connectivity index (χ2n) is 4.57. The summed E-state index contributed by atoms with van der Waals surface area (Å²) in [6, 6.07) is 5.77. The first kappa shape index (κ1) is 15.8. The van der Waals surface area contributed by atoms with E-state index in [4.69, 9.17) is 21.1 Å². The van der Waals surface area contributed by atoms with Crippen LogP contribution in [0.2, 0.25) is 5.02 Å². The van der Waals surface area contributed by atoms with Gasteiger partial charge in [-0.25, -0.2) is 0 Å². The third kappa shape index (κ3) is 4.74. The Bertz CT molecular complexity index is 572. The summed E-state index contributed by atoms with van der Waals surface area (Å²) in [6.45, 7) is 5.08. The molecule has 0 aliphatic rings. The van der Waals surface area contributed by atoms with E-state index < -0.39 is 0 Å². The highest BCUT2D eigenvalue weighted by molar-refractivity contribution is 6.32. The fourth-order valence-corrected chi connectivity index (χ4v) is 2.08. The van der Waals surface area contributed by atoms with Gasteiger partial charge in [-0.05, 0) is 24.6 Å². The predicted octanol–water partition coefficient (Wildman–Crippen LogP) is 3.08. The van der Waals surface area contributed by atoms with Gasteiger partial charge in [0, 0.05) is 26.7 Å². The Morgan fingerprint density at radius 3 is 2.90 bits per heavy atom. The summed E-state index contributed by atoms with van der Waals surface area (Å²) >= 11 is 6.26. The number of aromatic nitrogens is 2. The summed E-state index contributed by atoms with van der Waals surface area (Å²) in [5, 5.41) is 8.02. The highest BCUT2D eigenvalue weighted by Gasteiger charge is 2.06. The zero-order valence-electron chi connectivity index (χ0n) is 12.3. The van der Waals surface area contributed by atoms with Crippen LogP contribution in [0.15, 0.2) is 30.6 Å². The van der Waals surface area contributed by atoms with Crippen LogP contribution in [-0.4, -0.2) is 30.0 Å². The molecule has 1 aromatic carbocycles. The molecule has 114 valence electrons. The van der Waals surface area contributed by atoms with E-state index in [2.05, 4.69) is 10.4 Å². The number of hydrogen-bond acceptors (Lipinski definition) is 4. The fourth-order valence-electron chi connectivity index (χ4n) is 1.84. The van der Waals surface area contributed by atoms with Gasteiger partial charge in [-0.3, -0.25) is 4.68 Å². The van der Waals surface area contributed by atoms with Crippen LogP contribution in [0.5, 0.6) is 11.5 Å². The Hall–Kier alpha value is -1.56. The molecule has 0 saturated heterocycles. The summed E-state index contributed by atoms with van der Waals surface area (Å²) in [4.78, 5) is 0. The number of nitrogens with zero attached hydrogens (tertiary/aromatic N) is 2. The molecule has 2 aromatic rings. The van der Waals surface area contributed by atoms with E-state index in [0.717, 1.165) is 25.2 Å². The molecule has 0 saturated carbocycles. The number of hydrogen-bond donors (Lipinski definition) is 1. The number of rotatable bonds is 8. The minimum absolute atomic E-state index is 0.588. The number of ether oxygens (including phenoxy) is 2. The van der Waals surface area contributed by atoms with Gasteiger partial charge in [0.25, 0.3) is 0 Å². The van der Waals surface area contributed by atoms with Gasteiger partial charge in [0.1, 0.15) is 5.75 Å². The summed E-state index contributed by atoms with van der Waals surface area (Å²) in [7, 11) is 1.69. The van der Waals surface area contributed by atoms with Crippen LogP contribution in [-0.2, 0) is 17.8 Å². The molecular weight excluding hydrogens is 290 g/mol. The molecule has 0 aliphatic carbocycles. The molecule has 2 rings (SSSR count). The lowest BCUT2D eigenvalue weighted by Gasteiger charge is -2.08. The van der Waals surface area contributed by atoms with Crippen LogP contribution in [0.3, 0.4) is 0 Å². The van der Waals surface area contributed by atoms with E-state index in [1.165, 1.54) is 0 Å². The van der Waals surface area contributed by atoms with Crippen molar-refractivity contribution >= 4 is 11.6 Å². The number of benzene rings is 1. The molecule has 0 radical (unpaired) electrons. The van der Waals surface area contributed by atoms with E-state index in [1.54, 1.807) is 18.0 Å². The van der Waals surface area contributed by atoms with Gasteiger partial charge >= 0.3 is 0 Å². The maximum Gasteiger partial charge on any atom is 0.165 e. The van der Waals surface area contributed by atoms with E-state index in [0.29, 0.717) is 23.1 Å². The van der Waals surface area contributed by atoms with E-state index >= 15 is 0 Å². The van der Waals surface area contributed by atoms with Gasteiger partial charge in [-0.1, -0.05) is 17.7 Å². The standard InChI is InChI=1S/C15H20ClN3O2/c1-3-19-11-13(10-18-19)21-15-5-4-12(8-14(15)16)9-17-6-7-20-2/h4-5,8,10-11,17H,3,6-7,9H2,1-2H3. The largest absolute Gasteiger partial charge is 0.452 e. The van der Waals surface area contributed by atoms with Crippen LogP contribution in [0.25, 0.3) is 0 Å². The van der Waals surface area contributed by atoms with Crippen molar-refractivity contribution in [3.05, 3.63) is 41.2 Å². The zero-order valence-corrected chi connectivity index (χ0v) is 13.1. The summed E-state index contributed by atoms with van der Waals surface area (Å²) in [6.07, 6.45) is 3.52. The van der Waals surface area contributed by atoms with E-state index in [1.807, 2.05) is 31.3 Å². The molecule has 6 heteroatoms. The van der Waals surface area contributed by atoms with Crippen molar-refractivity contribution in [2.75, 3.05) is 20.3 Å². The highest BCUT2D eigenvalue weighted by Crippen LogP contribution is 2.29. The van der Waals surface area contributed by atoms with Crippen molar-refractivity contribution in [1.29, 1.82) is 0 Å². The molecule has 0 fully saturated rings. The van der Waals surface area contributed by atoms with Crippen molar-refractivity contribution in [3.63, 3.8) is 0 Å². The Labute approximate surface area is 129 Å². The van der Waals surface area contributed by atoms with Crippen molar-refractivity contribution in [1.82, 2.24) is 15.1 Å². The Balaban J connectivity index is 1.95. The van der Waals surface area contributed by atoms with Crippen LogP contribution in [0.4, 0.5) is 0 Å². The SMILES string of the molecule is CCn1cc(Oc2ccc(CNCCOC)cc2Cl)cn1. The lowest BCUT2D eigenvalue weighted by Crippen LogP contribution is -2.18. The molecule has 21 heavy (non-hydrogen) atoms. The minimum atomic E-state index is 0.588. The van der Waals surface area contributed by atoms with Gasteiger partial charge < -0.3 is 14.8 Å². The fraction of sp³-hybridized carbons (Fsp3) is 0.400. The summed E-state index contributed by atoms with van der Waals surface area (Å²) in [5.41, 5.74) is 1.10. The topological polar surface area (TPSA) is 48.3 Å². The monoisotopic (exact) mass is 309 g/mol. The first-order chi connectivity index (χ1) is 10.2.